The monoisotopic (exact) mass is 470 g/mol. The predicted octanol–water partition coefficient (Wildman–Crippen LogP) is 2.78. The summed E-state index contributed by atoms with van der Waals surface area (Å²) in [5.74, 6) is 1.99. The molecule has 0 radical (unpaired) electrons. The van der Waals surface area contributed by atoms with Gasteiger partial charge >= 0.3 is 0 Å². The van der Waals surface area contributed by atoms with Crippen LogP contribution >= 0.6 is 0 Å². The lowest BCUT2D eigenvalue weighted by Gasteiger charge is -2.38. The number of aryl methyl sites for hydroxylation is 1. The van der Waals surface area contributed by atoms with Crippen LogP contribution in [0.4, 0.5) is 0 Å². The fraction of sp³-hybridized carbons (Fsp3) is 0.500. The molecule has 33 heavy (non-hydrogen) atoms. The topological polar surface area (TPSA) is 80.8 Å². The van der Waals surface area contributed by atoms with Gasteiger partial charge in [0.25, 0.3) is 5.56 Å². The van der Waals surface area contributed by atoms with Crippen molar-refractivity contribution in [3.8, 4) is 17.0 Å². The quantitative estimate of drug-likeness (QED) is 0.528. The average Bonchev–Trinajstić information content (AvgIpc) is 3.54. The molecular formula is C24H30N4O4S. The molecule has 1 aliphatic carbocycles. The summed E-state index contributed by atoms with van der Waals surface area (Å²) < 4.78 is 27.5. The molecule has 2 fully saturated rings. The summed E-state index contributed by atoms with van der Waals surface area (Å²) in [5.41, 5.74) is 2.26. The van der Waals surface area contributed by atoms with E-state index in [1.54, 1.807) is 24.1 Å². The second kappa shape index (κ2) is 9.04. The summed E-state index contributed by atoms with van der Waals surface area (Å²) in [6.07, 6.45) is 7.72. The third-order valence-electron chi connectivity index (χ3n) is 6.56. The van der Waals surface area contributed by atoms with Crippen LogP contribution in [0.1, 0.15) is 25.5 Å². The smallest absolute Gasteiger partial charge is 0.261 e. The Hall–Kier alpha value is -2.49. The molecule has 1 aliphatic heterocycles. The highest BCUT2D eigenvalue weighted by Gasteiger charge is 2.27. The molecule has 0 amide bonds. The molecule has 2 aliphatic rings. The van der Waals surface area contributed by atoms with E-state index in [2.05, 4.69) is 16.8 Å². The fourth-order valence-electron chi connectivity index (χ4n) is 4.36. The number of hydrogen-bond donors (Lipinski definition) is 0. The van der Waals surface area contributed by atoms with Crippen molar-refractivity contribution in [3.05, 3.63) is 46.7 Å². The molecule has 0 spiro atoms. The van der Waals surface area contributed by atoms with Crippen LogP contribution in [0, 0.1) is 5.92 Å². The SMILES string of the molecule is CC1CN(S(C)=O)CCN1Cc1cc2c(=O)n(C)cc(-c3ccnc(OCC4CC4)c3)c2o1. The minimum Gasteiger partial charge on any atom is -0.477 e. The first-order valence-electron chi connectivity index (χ1n) is 11.4. The van der Waals surface area contributed by atoms with Crippen molar-refractivity contribution in [2.45, 2.75) is 32.4 Å². The van der Waals surface area contributed by atoms with E-state index < -0.39 is 11.0 Å². The molecule has 1 saturated heterocycles. The average molecular weight is 471 g/mol. The van der Waals surface area contributed by atoms with Crippen molar-refractivity contribution in [2.24, 2.45) is 13.0 Å². The maximum absolute atomic E-state index is 12.9. The van der Waals surface area contributed by atoms with Crippen molar-refractivity contribution >= 4 is 22.0 Å². The van der Waals surface area contributed by atoms with Crippen LogP contribution in [0.25, 0.3) is 22.1 Å². The Balaban J connectivity index is 1.44. The van der Waals surface area contributed by atoms with Gasteiger partial charge in [0.2, 0.25) is 5.88 Å². The molecule has 1 saturated carbocycles. The van der Waals surface area contributed by atoms with Gasteiger partial charge in [-0.1, -0.05) is 0 Å². The summed E-state index contributed by atoms with van der Waals surface area (Å²) in [6.45, 7) is 5.73. The molecule has 0 aromatic carbocycles. The zero-order valence-electron chi connectivity index (χ0n) is 19.3. The lowest BCUT2D eigenvalue weighted by Crippen LogP contribution is -2.51. The van der Waals surface area contributed by atoms with Crippen LogP contribution in [-0.4, -0.2) is 61.5 Å². The van der Waals surface area contributed by atoms with Crippen LogP contribution in [-0.2, 0) is 24.6 Å². The highest BCUT2D eigenvalue weighted by Crippen LogP contribution is 2.32. The maximum Gasteiger partial charge on any atom is 0.261 e. The molecule has 5 rings (SSSR count). The number of nitrogens with zero attached hydrogens (tertiary/aromatic N) is 4. The molecule has 176 valence electrons. The van der Waals surface area contributed by atoms with Gasteiger partial charge in [-0.05, 0) is 43.4 Å². The number of piperazine rings is 1. The van der Waals surface area contributed by atoms with E-state index in [9.17, 15) is 9.00 Å². The molecule has 4 heterocycles. The number of rotatable bonds is 7. The van der Waals surface area contributed by atoms with E-state index in [-0.39, 0.29) is 11.6 Å². The van der Waals surface area contributed by atoms with Crippen molar-refractivity contribution in [1.82, 2.24) is 18.8 Å². The van der Waals surface area contributed by atoms with E-state index in [4.69, 9.17) is 9.15 Å². The second-order valence-electron chi connectivity index (χ2n) is 9.18. The van der Waals surface area contributed by atoms with Gasteiger partial charge in [-0.25, -0.2) is 13.5 Å². The first kappa shape index (κ1) is 22.3. The summed E-state index contributed by atoms with van der Waals surface area (Å²) in [6, 6.07) is 5.93. The molecule has 9 heteroatoms. The molecule has 8 nitrogen and oxygen atoms in total. The minimum atomic E-state index is -0.956. The van der Waals surface area contributed by atoms with Crippen molar-refractivity contribution < 1.29 is 13.4 Å². The minimum absolute atomic E-state index is 0.0812. The van der Waals surface area contributed by atoms with Gasteiger partial charge in [0.15, 0.2) is 0 Å². The number of pyridine rings is 2. The highest BCUT2D eigenvalue weighted by molar-refractivity contribution is 7.81. The molecule has 3 aromatic heterocycles. The molecule has 2 unspecified atom stereocenters. The number of fused-ring (bicyclic) bond motifs is 1. The van der Waals surface area contributed by atoms with Gasteiger partial charge in [-0.3, -0.25) is 9.69 Å². The molecule has 3 aromatic rings. The normalized spacial score (nSPS) is 20.9. The Kier molecular flexibility index (Phi) is 6.11. The summed E-state index contributed by atoms with van der Waals surface area (Å²) in [7, 11) is 0.804. The van der Waals surface area contributed by atoms with Crippen LogP contribution in [0.3, 0.4) is 0 Å². The third-order valence-corrected chi connectivity index (χ3v) is 7.62. The predicted molar refractivity (Wildman–Crippen MR) is 128 cm³/mol. The lowest BCUT2D eigenvalue weighted by molar-refractivity contribution is 0.117. The summed E-state index contributed by atoms with van der Waals surface area (Å²) in [5, 5.41) is 0.572. The van der Waals surface area contributed by atoms with E-state index >= 15 is 0 Å². The number of hydrogen-bond acceptors (Lipinski definition) is 6. The van der Waals surface area contributed by atoms with Gasteiger partial charge in [0.05, 0.1) is 29.5 Å². The zero-order chi connectivity index (χ0) is 23.1. The standard InChI is InChI=1S/C24H30N4O4S/c1-16-12-28(33(3)30)9-8-27(16)13-19-11-20-23(32-19)21(14-26(2)24(20)29)18-6-7-25-22(10-18)31-15-17-4-5-17/h6-7,10-11,14,16-17H,4-5,8-9,12-13,15H2,1-3H3. The second-order valence-corrected chi connectivity index (χ2v) is 10.5. The van der Waals surface area contributed by atoms with E-state index in [1.807, 2.05) is 28.7 Å². The Morgan fingerprint density at radius 3 is 2.82 bits per heavy atom. The molecular weight excluding hydrogens is 440 g/mol. The van der Waals surface area contributed by atoms with E-state index in [0.29, 0.717) is 35.9 Å². The highest BCUT2D eigenvalue weighted by atomic mass is 32.2. The van der Waals surface area contributed by atoms with Crippen molar-refractivity contribution in [3.63, 3.8) is 0 Å². The maximum atomic E-state index is 12.9. The van der Waals surface area contributed by atoms with Gasteiger partial charge in [-0.2, -0.15) is 0 Å². The van der Waals surface area contributed by atoms with Crippen LogP contribution in [0.15, 0.2) is 39.8 Å². The first-order chi connectivity index (χ1) is 15.9. The molecule has 0 bridgehead atoms. The lowest BCUT2D eigenvalue weighted by atomic mass is 10.1. The summed E-state index contributed by atoms with van der Waals surface area (Å²) >= 11 is 0. The van der Waals surface area contributed by atoms with Gasteiger partial charge in [0, 0.05) is 63.0 Å². The molecule has 0 N–H and O–H groups in total. The Bertz CT molecular complexity index is 1250. The largest absolute Gasteiger partial charge is 0.477 e. The van der Waals surface area contributed by atoms with Gasteiger partial charge in [0.1, 0.15) is 11.3 Å². The van der Waals surface area contributed by atoms with Crippen LogP contribution in [0.2, 0.25) is 0 Å². The number of furan rings is 1. The first-order valence-corrected chi connectivity index (χ1v) is 12.9. The van der Waals surface area contributed by atoms with Gasteiger partial charge < -0.3 is 13.7 Å². The zero-order valence-corrected chi connectivity index (χ0v) is 20.1. The Morgan fingerprint density at radius 2 is 2.09 bits per heavy atom. The van der Waals surface area contributed by atoms with Crippen molar-refractivity contribution in [2.75, 3.05) is 32.5 Å². The Morgan fingerprint density at radius 1 is 1.27 bits per heavy atom. The van der Waals surface area contributed by atoms with E-state index in [0.717, 1.165) is 36.5 Å². The molecule has 2 atom stereocenters. The Labute approximate surface area is 195 Å². The van der Waals surface area contributed by atoms with Crippen LogP contribution < -0.4 is 10.3 Å². The number of ether oxygens (including phenoxy) is 1. The fourth-order valence-corrected chi connectivity index (χ4v) is 5.12. The van der Waals surface area contributed by atoms with Gasteiger partial charge in [-0.15, -0.1) is 0 Å². The van der Waals surface area contributed by atoms with Crippen LogP contribution in [0.5, 0.6) is 5.88 Å². The number of aromatic nitrogens is 2. The summed E-state index contributed by atoms with van der Waals surface area (Å²) in [4.78, 5) is 19.5. The van der Waals surface area contributed by atoms with Crippen molar-refractivity contribution in [1.29, 1.82) is 0 Å². The third kappa shape index (κ3) is 4.76. The van der Waals surface area contributed by atoms with E-state index in [1.165, 1.54) is 12.8 Å².